The van der Waals surface area contributed by atoms with Gasteiger partial charge in [-0.3, -0.25) is 0 Å². The average molecular weight is 313 g/mol. The lowest BCUT2D eigenvalue weighted by atomic mass is 10.3. The van der Waals surface area contributed by atoms with Gasteiger partial charge in [0.2, 0.25) is 0 Å². The summed E-state index contributed by atoms with van der Waals surface area (Å²) in [7, 11) is -5.26. The predicted molar refractivity (Wildman–Crippen MR) is 71.1 cm³/mol. The molecule has 0 heterocycles. The summed E-state index contributed by atoms with van der Waals surface area (Å²) in [6, 6.07) is 4.56. The van der Waals surface area contributed by atoms with Crippen LogP contribution in [-0.2, 0) is 9.84 Å². The van der Waals surface area contributed by atoms with Gasteiger partial charge in [-0.25, -0.2) is 8.42 Å². The van der Waals surface area contributed by atoms with E-state index in [1.54, 1.807) is 11.8 Å². The van der Waals surface area contributed by atoms with Gasteiger partial charge in [-0.2, -0.15) is 24.9 Å². The minimum absolute atomic E-state index is 0.346. The van der Waals surface area contributed by atoms with Gasteiger partial charge in [0, 0.05) is 17.5 Å². The Kier molecular flexibility index (Phi) is 5.14. The Hall–Kier alpha value is -0.890. The molecule has 0 aliphatic heterocycles. The summed E-state index contributed by atoms with van der Waals surface area (Å²) >= 11 is 1.65. The maximum absolute atomic E-state index is 12.3. The smallest absolute Gasteiger partial charge is 0.384 e. The van der Waals surface area contributed by atoms with Crippen molar-refractivity contribution >= 4 is 27.3 Å². The van der Waals surface area contributed by atoms with Gasteiger partial charge >= 0.3 is 5.51 Å². The number of thioether (sulfide) groups is 1. The highest BCUT2D eigenvalue weighted by molar-refractivity contribution is 7.99. The van der Waals surface area contributed by atoms with Crippen LogP contribution < -0.4 is 5.32 Å². The lowest BCUT2D eigenvalue weighted by Gasteiger charge is -2.12. The highest BCUT2D eigenvalue weighted by Gasteiger charge is 2.46. The largest absolute Gasteiger partial charge is 0.501 e. The molecule has 0 aliphatic carbocycles. The van der Waals surface area contributed by atoms with Gasteiger partial charge in [0.25, 0.3) is 9.84 Å². The molecule has 0 amide bonds. The summed E-state index contributed by atoms with van der Waals surface area (Å²) in [5.41, 5.74) is -4.68. The van der Waals surface area contributed by atoms with Crippen molar-refractivity contribution in [1.82, 2.24) is 0 Å². The average Bonchev–Trinajstić information content (AvgIpc) is 2.35. The maximum Gasteiger partial charge on any atom is 0.501 e. The highest BCUT2D eigenvalue weighted by atomic mass is 32.2. The zero-order valence-corrected chi connectivity index (χ0v) is 12.0. The Morgan fingerprint density at radius 3 is 2.21 bits per heavy atom. The van der Waals surface area contributed by atoms with Crippen LogP contribution in [0.25, 0.3) is 0 Å². The number of nitrogens with one attached hydrogen (secondary N) is 1. The Bertz CT molecular complexity index is 512. The van der Waals surface area contributed by atoms with E-state index in [-0.39, 0.29) is 0 Å². The molecule has 108 valence electrons. The molecule has 1 N–H and O–H groups in total. The Labute approximate surface area is 114 Å². The van der Waals surface area contributed by atoms with Crippen LogP contribution in [0.15, 0.2) is 29.2 Å². The van der Waals surface area contributed by atoms with Gasteiger partial charge in [-0.1, -0.05) is 6.92 Å². The molecule has 0 bridgehead atoms. The Morgan fingerprint density at radius 1 is 1.26 bits per heavy atom. The SMILES string of the molecule is CSC(C)CNc1ccc(S(=O)(=O)C(F)(F)F)cc1. The van der Waals surface area contributed by atoms with Crippen molar-refractivity contribution in [1.29, 1.82) is 0 Å². The lowest BCUT2D eigenvalue weighted by Crippen LogP contribution is -2.23. The second kappa shape index (κ2) is 6.04. The van der Waals surface area contributed by atoms with E-state index in [0.717, 1.165) is 12.1 Å². The third-order valence-corrected chi connectivity index (χ3v) is 4.94. The summed E-state index contributed by atoms with van der Waals surface area (Å²) < 4.78 is 59.2. The quantitative estimate of drug-likeness (QED) is 0.907. The summed E-state index contributed by atoms with van der Waals surface area (Å²) in [5.74, 6) is 0. The minimum atomic E-state index is -5.27. The highest BCUT2D eigenvalue weighted by Crippen LogP contribution is 2.30. The molecule has 0 spiro atoms. The molecular formula is C11H14F3NO2S2. The first-order valence-electron chi connectivity index (χ1n) is 5.36. The first-order valence-corrected chi connectivity index (χ1v) is 8.13. The monoisotopic (exact) mass is 313 g/mol. The molecule has 19 heavy (non-hydrogen) atoms. The maximum atomic E-state index is 12.3. The van der Waals surface area contributed by atoms with Crippen LogP contribution in [0.1, 0.15) is 6.92 Å². The van der Waals surface area contributed by atoms with Crippen molar-refractivity contribution in [2.45, 2.75) is 22.6 Å². The summed E-state index contributed by atoms with van der Waals surface area (Å²) in [4.78, 5) is -0.747. The van der Waals surface area contributed by atoms with Crippen molar-refractivity contribution in [3.63, 3.8) is 0 Å². The van der Waals surface area contributed by atoms with Crippen LogP contribution >= 0.6 is 11.8 Å². The van der Waals surface area contributed by atoms with Crippen LogP contribution in [0.3, 0.4) is 0 Å². The molecule has 0 aliphatic rings. The molecule has 0 saturated heterocycles. The van der Waals surface area contributed by atoms with E-state index in [2.05, 4.69) is 5.32 Å². The number of anilines is 1. The van der Waals surface area contributed by atoms with Gasteiger partial charge in [-0.15, -0.1) is 0 Å². The first-order chi connectivity index (χ1) is 8.68. The fraction of sp³-hybridized carbons (Fsp3) is 0.455. The van der Waals surface area contributed by atoms with Gasteiger partial charge in [0.15, 0.2) is 0 Å². The predicted octanol–water partition coefficient (Wildman–Crippen LogP) is 3.14. The summed E-state index contributed by atoms with van der Waals surface area (Å²) in [6.45, 7) is 2.65. The fourth-order valence-corrected chi connectivity index (χ4v) is 2.24. The number of hydrogen-bond acceptors (Lipinski definition) is 4. The van der Waals surface area contributed by atoms with Crippen molar-refractivity contribution in [2.75, 3.05) is 18.1 Å². The molecule has 8 heteroatoms. The summed E-state index contributed by atoms with van der Waals surface area (Å²) in [5, 5.41) is 3.36. The van der Waals surface area contributed by atoms with E-state index >= 15 is 0 Å². The number of halogens is 3. The zero-order chi connectivity index (χ0) is 14.7. The van der Waals surface area contributed by atoms with Crippen LogP contribution in [-0.4, -0.2) is 32.0 Å². The van der Waals surface area contributed by atoms with Crippen LogP contribution in [0, 0.1) is 0 Å². The molecule has 0 saturated carbocycles. The normalized spacial score (nSPS) is 14.2. The van der Waals surface area contributed by atoms with Gasteiger partial charge < -0.3 is 5.32 Å². The molecule has 1 unspecified atom stereocenters. The molecular weight excluding hydrogens is 299 g/mol. The van der Waals surface area contributed by atoms with Crippen molar-refractivity contribution in [3.05, 3.63) is 24.3 Å². The van der Waals surface area contributed by atoms with Crippen LogP contribution in [0.2, 0.25) is 0 Å². The first kappa shape index (κ1) is 16.2. The van der Waals surface area contributed by atoms with Crippen molar-refractivity contribution < 1.29 is 21.6 Å². The standard InChI is InChI=1S/C11H14F3NO2S2/c1-8(18-2)7-15-9-3-5-10(6-4-9)19(16,17)11(12,13)14/h3-6,8,15H,7H2,1-2H3. The third kappa shape index (κ3) is 4.04. The molecule has 0 radical (unpaired) electrons. The van der Waals surface area contributed by atoms with E-state index in [0.29, 0.717) is 17.5 Å². The van der Waals surface area contributed by atoms with E-state index in [1.807, 2.05) is 13.2 Å². The third-order valence-electron chi connectivity index (χ3n) is 2.47. The number of alkyl halides is 3. The molecule has 1 atom stereocenters. The minimum Gasteiger partial charge on any atom is -0.384 e. The molecule has 1 aromatic carbocycles. The number of sulfone groups is 1. The van der Waals surface area contributed by atoms with E-state index < -0.39 is 20.2 Å². The topological polar surface area (TPSA) is 46.2 Å². The number of rotatable bonds is 5. The Balaban J connectivity index is 2.83. The van der Waals surface area contributed by atoms with E-state index in [4.69, 9.17) is 0 Å². The van der Waals surface area contributed by atoms with Gasteiger partial charge in [0.1, 0.15) is 0 Å². The van der Waals surface area contributed by atoms with Crippen LogP contribution in [0.4, 0.5) is 18.9 Å². The van der Waals surface area contributed by atoms with Gasteiger partial charge in [0.05, 0.1) is 4.90 Å². The molecule has 0 aromatic heterocycles. The van der Waals surface area contributed by atoms with E-state index in [1.165, 1.54) is 12.1 Å². The second-order valence-electron chi connectivity index (χ2n) is 3.90. The molecule has 3 nitrogen and oxygen atoms in total. The molecule has 0 fully saturated rings. The molecule has 1 aromatic rings. The fourth-order valence-electron chi connectivity index (χ4n) is 1.23. The zero-order valence-electron chi connectivity index (χ0n) is 10.4. The molecule has 1 rings (SSSR count). The van der Waals surface area contributed by atoms with Gasteiger partial charge in [-0.05, 0) is 30.5 Å². The Morgan fingerprint density at radius 2 is 1.79 bits per heavy atom. The van der Waals surface area contributed by atoms with E-state index in [9.17, 15) is 21.6 Å². The lowest BCUT2D eigenvalue weighted by molar-refractivity contribution is -0.0436. The number of hydrogen-bond donors (Lipinski definition) is 1. The van der Waals surface area contributed by atoms with Crippen molar-refractivity contribution in [2.24, 2.45) is 0 Å². The summed E-state index contributed by atoms with van der Waals surface area (Å²) in [6.07, 6.45) is 1.95. The van der Waals surface area contributed by atoms with Crippen molar-refractivity contribution in [3.8, 4) is 0 Å². The van der Waals surface area contributed by atoms with Crippen LogP contribution in [0.5, 0.6) is 0 Å². The number of benzene rings is 1. The second-order valence-corrected chi connectivity index (χ2v) is 7.12.